The molecule has 0 spiro atoms. The SMILES string of the molecule is Fc1ccc(-c2noc(Cn3nc(C(F)F)c(Cl)c3C3CC3)n2)cc1. The molecule has 1 aliphatic rings. The van der Waals surface area contributed by atoms with Crippen molar-refractivity contribution in [2.45, 2.75) is 31.7 Å². The quantitative estimate of drug-likeness (QED) is 0.661. The fourth-order valence-corrected chi connectivity index (χ4v) is 3.01. The largest absolute Gasteiger partial charge is 0.337 e. The lowest BCUT2D eigenvalue weighted by molar-refractivity contribution is 0.145. The first-order chi connectivity index (χ1) is 12.0. The molecule has 9 heteroatoms. The second kappa shape index (κ2) is 6.18. The van der Waals surface area contributed by atoms with Crippen LogP contribution >= 0.6 is 11.6 Å². The van der Waals surface area contributed by atoms with Gasteiger partial charge < -0.3 is 4.52 Å². The standard InChI is InChI=1S/C16H12ClF3N4O/c17-12-13(15(19)20)22-24(14(12)8-1-2-8)7-11-21-16(23-25-11)9-3-5-10(18)6-4-9/h3-6,8,15H,1-2,7H2. The summed E-state index contributed by atoms with van der Waals surface area (Å²) >= 11 is 6.08. The molecule has 0 unspecified atom stereocenters. The van der Waals surface area contributed by atoms with Gasteiger partial charge in [0.2, 0.25) is 11.7 Å². The second-order valence-electron chi connectivity index (χ2n) is 5.84. The average molecular weight is 369 g/mol. The van der Waals surface area contributed by atoms with Crippen molar-refractivity contribution in [1.82, 2.24) is 19.9 Å². The molecular formula is C16H12ClF3N4O. The zero-order chi connectivity index (χ0) is 17.6. The first-order valence-electron chi connectivity index (χ1n) is 7.65. The van der Waals surface area contributed by atoms with E-state index in [-0.39, 0.29) is 35.0 Å². The van der Waals surface area contributed by atoms with Crippen LogP contribution in [0.25, 0.3) is 11.4 Å². The lowest BCUT2D eigenvalue weighted by Gasteiger charge is -2.03. The third-order valence-corrected chi connectivity index (χ3v) is 4.37. The minimum Gasteiger partial charge on any atom is -0.337 e. The van der Waals surface area contributed by atoms with Gasteiger partial charge in [-0.05, 0) is 37.1 Å². The van der Waals surface area contributed by atoms with Crippen LogP contribution in [0.15, 0.2) is 28.8 Å². The summed E-state index contributed by atoms with van der Waals surface area (Å²) in [6.07, 6.45) is -0.971. The smallest absolute Gasteiger partial charge is 0.283 e. The molecule has 1 aromatic carbocycles. The minimum atomic E-state index is -2.75. The van der Waals surface area contributed by atoms with Crippen molar-refractivity contribution >= 4 is 11.6 Å². The van der Waals surface area contributed by atoms with Gasteiger partial charge in [0.15, 0.2) is 0 Å². The van der Waals surface area contributed by atoms with Crippen LogP contribution in [0.2, 0.25) is 5.02 Å². The van der Waals surface area contributed by atoms with Crippen LogP contribution in [0.4, 0.5) is 13.2 Å². The predicted octanol–water partition coefficient (Wildman–Crippen LogP) is 4.59. The Labute approximate surface area is 145 Å². The van der Waals surface area contributed by atoms with Gasteiger partial charge in [0.1, 0.15) is 18.1 Å². The molecule has 0 radical (unpaired) electrons. The highest BCUT2D eigenvalue weighted by atomic mass is 35.5. The van der Waals surface area contributed by atoms with Gasteiger partial charge >= 0.3 is 0 Å². The van der Waals surface area contributed by atoms with Crippen LogP contribution < -0.4 is 0 Å². The van der Waals surface area contributed by atoms with Crippen molar-refractivity contribution in [3.05, 3.63) is 52.4 Å². The topological polar surface area (TPSA) is 56.7 Å². The Hall–Kier alpha value is -2.35. The van der Waals surface area contributed by atoms with Gasteiger partial charge in [-0.3, -0.25) is 4.68 Å². The van der Waals surface area contributed by atoms with Gasteiger partial charge in [0.05, 0.1) is 10.7 Å². The number of alkyl halides is 2. The van der Waals surface area contributed by atoms with E-state index in [0.29, 0.717) is 11.3 Å². The van der Waals surface area contributed by atoms with Crippen LogP contribution in [0.3, 0.4) is 0 Å². The molecule has 0 amide bonds. The van der Waals surface area contributed by atoms with Gasteiger partial charge in [-0.25, -0.2) is 13.2 Å². The van der Waals surface area contributed by atoms with E-state index in [2.05, 4.69) is 15.2 Å². The lowest BCUT2D eigenvalue weighted by atomic mass is 10.2. The average Bonchev–Trinajstić information content (AvgIpc) is 3.21. The molecule has 25 heavy (non-hydrogen) atoms. The van der Waals surface area contributed by atoms with Crippen molar-refractivity contribution in [2.75, 3.05) is 0 Å². The Morgan fingerprint density at radius 2 is 1.96 bits per heavy atom. The number of nitrogens with zero attached hydrogens (tertiary/aromatic N) is 4. The van der Waals surface area contributed by atoms with E-state index in [1.807, 2.05) is 0 Å². The molecule has 1 saturated carbocycles. The Morgan fingerprint density at radius 1 is 1.24 bits per heavy atom. The zero-order valence-electron chi connectivity index (χ0n) is 12.8. The summed E-state index contributed by atoms with van der Waals surface area (Å²) in [6, 6.07) is 5.63. The van der Waals surface area contributed by atoms with Crippen LogP contribution in [0, 0.1) is 5.82 Å². The van der Waals surface area contributed by atoms with E-state index in [1.165, 1.54) is 28.9 Å². The van der Waals surface area contributed by atoms with E-state index >= 15 is 0 Å². The summed E-state index contributed by atoms with van der Waals surface area (Å²) in [5, 5.41) is 7.76. The Kier molecular flexibility index (Phi) is 3.99. The zero-order valence-corrected chi connectivity index (χ0v) is 13.6. The third kappa shape index (κ3) is 3.13. The molecule has 5 nitrogen and oxygen atoms in total. The molecule has 0 saturated heterocycles. The lowest BCUT2D eigenvalue weighted by Crippen LogP contribution is -2.06. The highest BCUT2D eigenvalue weighted by Crippen LogP contribution is 2.45. The van der Waals surface area contributed by atoms with Crippen molar-refractivity contribution < 1.29 is 17.7 Å². The van der Waals surface area contributed by atoms with Crippen LogP contribution in [0.5, 0.6) is 0 Å². The van der Waals surface area contributed by atoms with E-state index in [1.54, 1.807) is 0 Å². The molecule has 0 bridgehead atoms. The monoisotopic (exact) mass is 368 g/mol. The number of hydrogen-bond acceptors (Lipinski definition) is 4. The molecule has 3 aromatic rings. The molecule has 1 aliphatic carbocycles. The highest BCUT2D eigenvalue weighted by molar-refractivity contribution is 6.32. The van der Waals surface area contributed by atoms with E-state index in [9.17, 15) is 13.2 Å². The molecule has 2 aromatic heterocycles. The Bertz CT molecular complexity index is 903. The maximum Gasteiger partial charge on any atom is 0.283 e. The van der Waals surface area contributed by atoms with Gasteiger partial charge in [0.25, 0.3) is 6.43 Å². The summed E-state index contributed by atoms with van der Waals surface area (Å²) < 4.78 is 45.7. The number of halogens is 4. The van der Waals surface area contributed by atoms with Crippen molar-refractivity contribution in [3.63, 3.8) is 0 Å². The summed E-state index contributed by atoms with van der Waals surface area (Å²) in [7, 11) is 0. The molecular weight excluding hydrogens is 357 g/mol. The summed E-state index contributed by atoms with van der Waals surface area (Å²) in [5.74, 6) is 0.260. The fourth-order valence-electron chi connectivity index (χ4n) is 2.64. The molecule has 4 rings (SSSR count). The van der Waals surface area contributed by atoms with Crippen LogP contribution in [-0.2, 0) is 6.54 Å². The van der Waals surface area contributed by atoms with Crippen molar-refractivity contribution in [1.29, 1.82) is 0 Å². The predicted molar refractivity (Wildman–Crippen MR) is 83.0 cm³/mol. The Balaban J connectivity index is 1.63. The van der Waals surface area contributed by atoms with Gasteiger partial charge in [-0.1, -0.05) is 16.8 Å². The maximum absolute atomic E-state index is 13.1. The number of rotatable bonds is 5. The summed E-state index contributed by atoms with van der Waals surface area (Å²) in [5.41, 5.74) is 0.742. The highest BCUT2D eigenvalue weighted by Gasteiger charge is 2.34. The Morgan fingerprint density at radius 3 is 2.60 bits per heavy atom. The first-order valence-corrected chi connectivity index (χ1v) is 8.03. The maximum atomic E-state index is 13.1. The third-order valence-electron chi connectivity index (χ3n) is 3.98. The molecule has 0 N–H and O–H groups in total. The van der Waals surface area contributed by atoms with Crippen molar-refractivity contribution in [2.24, 2.45) is 0 Å². The first kappa shape index (κ1) is 16.1. The van der Waals surface area contributed by atoms with Gasteiger partial charge in [-0.15, -0.1) is 0 Å². The van der Waals surface area contributed by atoms with E-state index < -0.39 is 12.1 Å². The molecule has 0 atom stereocenters. The van der Waals surface area contributed by atoms with E-state index in [4.69, 9.17) is 16.1 Å². The van der Waals surface area contributed by atoms with Crippen molar-refractivity contribution in [3.8, 4) is 11.4 Å². The summed E-state index contributed by atoms with van der Waals surface area (Å²) in [4.78, 5) is 4.22. The normalized spacial score (nSPS) is 14.4. The minimum absolute atomic E-state index is 0.00998. The number of benzene rings is 1. The molecule has 1 fully saturated rings. The fraction of sp³-hybridized carbons (Fsp3) is 0.312. The van der Waals surface area contributed by atoms with Crippen LogP contribution in [-0.4, -0.2) is 19.9 Å². The molecule has 2 heterocycles. The second-order valence-corrected chi connectivity index (χ2v) is 6.21. The summed E-state index contributed by atoms with van der Waals surface area (Å²) in [6.45, 7) is 0.0481. The number of aromatic nitrogens is 4. The molecule has 130 valence electrons. The van der Waals surface area contributed by atoms with E-state index in [0.717, 1.165) is 12.8 Å². The number of hydrogen-bond donors (Lipinski definition) is 0. The molecule has 0 aliphatic heterocycles. The van der Waals surface area contributed by atoms with Gasteiger partial charge in [0, 0.05) is 11.5 Å². The van der Waals surface area contributed by atoms with Gasteiger partial charge in [-0.2, -0.15) is 10.1 Å². The van der Waals surface area contributed by atoms with Crippen LogP contribution in [0.1, 0.15) is 42.5 Å².